The van der Waals surface area contributed by atoms with Crippen molar-refractivity contribution in [1.29, 1.82) is 0 Å². The maximum Gasteiger partial charge on any atom is -0.0136 e. The van der Waals surface area contributed by atoms with Crippen molar-refractivity contribution in [2.75, 3.05) is 0 Å². The summed E-state index contributed by atoms with van der Waals surface area (Å²) in [6.07, 6.45) is 14.9. The lowest BCUT2D eigenvalue weighted by atomic mass is 9.72. The molecule has 1 aliphatic rings. The molecule has 23 heavy (non-hydrogen) atoms. The lowest BCUT2D eigenvalue weighted by molar-refractivity contribution is 0.343. The van der Waals surface area contributed by atoms with Crippen molar-refractivity contribution in [1.82, 2.24) is 0 Å². The molecule has 0 bridgehead atoms. The fraction of sp³-hybridized carbons (Fsp3) is 0.565. The molecular weight excluding hydrogens is 276 g/mol. The van der Waals surface area contributed by atoms with Gasteiger partial charge < -0.3 is 0 Å². The summed E-state index contributed by atoms with van der Waals surface area (Å²) in [7, 11) is 0. The molecule has 0 saturated heterocycles. The van der Waals surface area contributed by atoms with Crippen LogP contribution < -0.4 is 0 Å². The molecule has 0 heterocycles. The molecule has 1 unspecified atom stereocenters. The summed E-state index contributed by atoms with van der Waals surface area (Å²) < 4.78 is 0. The largest absolute Gasteiger partial charge is 0.0877 e. The average Bonchev–Trinajstić information content (AvgIpc) is 2.51. The maximum absolute atomic E-state index is 2.41. The first-order chi connectivity index (χ1) is 10.7. The lowest BCUT2D eigenvalue weighted by Gasteiger charge is -2.33. The van der Waals surface area contributed by atoms with Crippen LogP contribution in [-0.2, 0) is 0 Å². The second-order valence-corrected chi connectivity index (χ2v) is 7.93. The quantitative estimate of drug-likeness (QED) is 0.444. The van der Waals surface area contributed by atoms with Crippen molar-refractivity contribution < 1.29 is 0 Å². The van der Waals surface area contributed by atoms with Gasteiger partial charge in [-0.05, 0) is 76.4 Å². The van der Waals surface area contributed by atoms with Crippen LogP contribution in [0.4, 0.5) is 0 Å². The van der Waals surface area contributed by atoms with E-state index in [2.05, 4.69) is 85.8 Å². The van der Waals surface area contributed by atoms with Crippen molar-refractivity contribution >= 4 is 0 Å². The summed E-state index contributed by atoms with van der Waals surface area (Å²) in [5.41, 5.74) is 7.77. The Balaban J connectivity index is 2.88. The molecule has 0 heteroatoms. The van der Waals surface area contributed by atoms with E-state index in [4.69, 9.17) is 0 Å². The average molecular weight is 313 g/mol. The van der Waals surface area contributed by atoms with Gasteiger partial charge >= 0.3 is 0 Å². The first-order valence-corrected chi connectivity index (χ1v) is 9.03. The van der Waals surface area contributed by atoms with Gasteiger partial charge in [0.2, 0.25) is 0 Å². The molecule has 1 rings (SSSR count). The molecule has 0 N–H and O–H groups in total. The van der Waals surface area contributed by atoms with E-state index in [9.17, 15) is 0 Å². The van der Waals surface area contributed by atoms with Gasteiger partial charge in [0.25, 0.3) is 0 Å². The lowest BCUT2D eigenvalue weighted by Crippen LogP contribution is -2.20. The van der Waals surface area contributed by atoms with Crippen molar-refractivity contribution in [2.24, 2.45) is 11.3 Å². The first-order valence-electron chi connectivity index (χ1n) is 9.03. The van der Waals surface area contributed by atoms with E-state index in [0.717, 1.165) is 0 Å². The Kier molecular flexibility index (Phi) is 7.32. The van der Waals surface area contributed by atoms with E-state index < -0.39 is 0 Å². The summed E-state index contributed by atoms with van der Waals surface area (Å²) in [6, 6.07) is 0. The van der Waals surface area contributed by atoms with Gasteiger partial charge in [0, 0.05) is 0 Å². The van der Waals surface area contributed by atoms with Crippen molar-refractivity contribution in [2.45, 2.75) is 74.7 Å². The highest BCUT2D eigenvalue weighted by molar-refractivity contribution is 5.40. The first kappa shape index (κ1) is 19.7. The van der Waals surface area contributed by atoms with Crippen LogP contribution in [0.5, 0.6) is 0 Å². The molecule has 0 aromatic heterocycles. The molecule has 0 amide bonds. The molecule has 0 saturated carbocycles. The predicted molar refractivity (Wildman–Crippen MR) is 106 cm³/mol. The van der Waals surface area contributed by atoms with Crippen molar-refractivity contribution in [3.8, 4) is 0 Å². The molecule has 0 radical (unpaired) electrons. The van der Waals surface area contributed by atoms with E-state index in [1.54, 1.807) is 5.57 Å². The minimum absolute atomic E-state index is 0.269. The molecule has 0 fully saturated rings. The summed E-state index contributed by atoms with van der Waals surface area (Å²) >= 11 is 0. The number of allylic oxidation sites excluding steroid dienone is 10. The van der Waals surface area contributed by atoms with Crippen LogP contribution in [-0.4, -0.2) is 0 Å². The Morgan fingerprint density at radius 3 is 2.26 bits per heavy atom. The fourth-order valence-electron chi connectivity index (χ4n) is 3.30. The Morgan fingerprint density at radius 2 is 1.78 bits per heavy atom. The predicted octanol–water partition coefficient (Wildman–Crippen LogP) is 7.56. The zero-order chi connectivity index (χ0) is 17.6. The molecule has 0 spiro atoms. The SMILES string of the molecule is CC=CC=C(C)C(C)CC(C)(C)C1=CC=C(C(C)=C(C)C)CC1. The minimum atomic E-state index is 0.269. The second kappa shape index (κ2) is 8.52. The third-order valence-electron chi connectivity index (χ3n) is 5.40. The molecule has 1 atom stereocenters. The van der Waals surface area contributed by atoms with Gasteiger partial charge in [-0.25, -0.2) is 0 Å². The Labute approximate surface area is 144 Å². The van der Waals surface area contributed by atoms with E-state index in [1.807, 2.05) is 0 Å². The molecule has 0 aromatic rings. The Morgan fingerprint density at radius 1 is 1.13 bits per heavy atom. The van der Waals surface area contributed by atoms with Gasteiger partial charge in [-0.2, -0.15) is 0 Å². The van der Waals surface area contributed by atoms with Crippen molar-refractivity contribution in [3.05, 3.63) is 58.2 Å². The highest BCUT2D eigenvalue weighted by Gasteiger charge is 2.27. The normalized spacial score (nSPS) is 17.8. The molecule has 0 aliphatic heterocycles. The van der Waals surface area contributed by atoms with E-state index in [0.29, 0.717) is 5.92 Å². The molecule has 0 nitrogen and oxygen atoms in total. The van der Waals surface area contributed by atoms with Crippen LogP contribution >= 0.6 is 0 Å². The second-order valence-electron chi connectivity index (χ2n) is 7.93. The number of hydrogen-bond donors (Lipinski definition) is 0. The fourth-order valence-corrected chi connectivity index (χ4v) is 3.30. The van der Waals surface area contributed by atoms with Crippen LogP contribution in [0, 0.1) is 11.3 Å². The minimum Gasteiger partial charge on any atom is -0.0877 e. The van der Waals surface area contributed by atoms with Crippen molar-refractivity contribution in [3.63, 3.8) is 0 Å². The van der Waals surface area contributed by atoms with Gasteiger partial charge in [0.15, 0.2) is 0 Å². The van der Waals surface area contributed by atoms with Gasteiger partial charge in [-0.15, -0.1) is 0 Å². The molecular formula is C23H36. The monoisotopic (exact) mass is 312 g/mol. The van der Waals surface area contributed by atoms with Gasteiger partial charge in [-0.1, -0.05) is 67.9 Å². The summed E-state index contributed by atoms with van der Waals surface area (Å²) in [6.45, 7) is 18.2. The van der Waals surface area contributed by atoms with E-state index in [-0.39, 0.29) is 5.41 Å². The zero-order valence-corrected chi connectivity index (χ0v) is 16.6. The Bertz CT molecular complexity index is 555. The highest BCUT2D eigenvalue weighted by Crippen LogP contribution is 2.41. The van der Waals surface area contributed by atoms with Gasteiger partial charge in [0.1, 0.15) is 0 Å². The van der Waals surface area contributed by atoms with Crippen LogP contribution in [0.25, 0.3) is 0 Å². The maximum atomic E-state index is 2.41. The van der Waals surface area contributed by atoms with E-state index in [1.165, 1.54) is 41.6 Å². The number of rotatable bonds is 6. The third kappa shape index (κ3) is 5.68. The smallest absolute Gasteiger partial charge is 0.0136 e. The topological polar surface area (TPSA) is 0 Å². The molecule has 128 valence electrons. The number of hydrogen-bond acceptors (Lipinski definition) is 0. The van der Waals surface area contributed by atoms with Crippen LogP contribution in [0.15, 0.2) is 58.2 Å². The van der Waals surface area contributed by atoms with Gasteiger partial charge in [0.05, 0.1) is 0 Å². The highest BCUT2D eigenvalue weighted by atomic mass is 14.3. The molecule has 0 aromatic carbocycles. The molecule has 1 aliphatic carbocycles. The Hall–Kier alpha value is -1.30. The zero-order valence-electron chi connectivity index (χ0n) is 16.6. The van der Waals surface area contributed by atoms with E-state index >= 15 is 0 Å². The van der Waals surface area contributed by atoms with Crippen LogP contribution in [0.1, 0.15) is 74.7 Å². The van der Waals surface area contributed by atoms with Crippen LogP contribution in [0.3, 0.4) is 0 Å². The summed E-state index contributed by atoms with van der Waals surface area (Å²) in [5, 5.41) is 0. The standard InChI is InChI=1S/C23H36/c1-9-10-11-18(4)19(5)16-23(7,8)22-14-12-21(13-15-22)20(6)17(2)3/h9-12,14,19H,13,15-16H2,1-8H3. The third-order valence-corrected chi connectivity index (χ3v) is 5.40. The van der Waals surface area contributed by atoms with Crippen LogP contribution in [0.2, 0.25) is 0 Å². The summed E-state index contributed by atoms with van der Waals surface area (Å²) in [5.74, 6) is 0.618. The van der Waals surface area contributed by atoms with Gasteiger partial charge in [-0.3, -0.25) is 0 Å². The summed E-state index contributed by atoms with van der Waals surface area (Å²) in [4.78, 5) is 0.